The molecule has 22 heavy (non-hydrogen) atoms. The van der Waals surface area contributed by atoms with Gasteiger partial charge in [0.05, 0.1) is 22.1 Å². The smallest absolute Gasteiger partial charge is 0.345 e. The van der Waals surface area contributed by atoms with Gasteiger partial charge in [-0.05, 0) is 12.1 Å². The van der Waals surface area contributed by atoms with Gasteiger partial charge in [-0.2, -0.15) is 0 Å². The Balaban J connectivity index is 0.00000242. The van der Waals surface area contributed by atoms with E-state index >= 15 is 0 Å². The summed E-state index contributed by atoms with van der Waals surface area (Å²) in [6.45, 7) is 0. The lowest BCUT2D eigenvalue weighted by molar-refractivity contribution is -0.384. The van der Waals surface area contributed by atoms with Gasteiger partial charge in [0.1, 0.15) is 5.75 Å². The maximum Gasteiger partial charge on any atom is 0.345 e. The van der Waals surface area contributed by atoms with Crippen LogP contribution >= 0.6 is 12.4 Å². The lowest BCUT2D eigenvalue weighted by atomic mass is 10.2. The standard InChI is InChI=1S/C13H8N2O6.ClH/c16-12(17)8-4-9(7-14-6-8)13(18)21-11-3-1-2-10(5-11)15(19)20;/h1-7H,(H,16,17);1H. The van der Waals surface area contributed by atoms with Crippen LogP contribution in [0.2, 0.25) is 0 Å². The predicted molar refractivity (Wildman–Crippen MR) is 76.5 cm³/mol. The van der Waals surface area contributed by atoms with Crippen molar-refractivity contribution in [1.82, 2.24) is 4.98 Å². The first-order valence-corrected chi connectivity index (χ1v) is 5.62. The molecule has 1 aromatic heterocycles. The molecule has 9 heteroatoms. The minimum absolute atomic E-state index is 0. The van der Waals surface area contributed by atoms with Crippen LogP contribution in [-0.4, -0.2) is 27.0 Å². The lowest BCUT2D eigenvalue weighted by Crippen LogP contribution is -2.10. The molecule has 1 aromatic carbocycles. The van der Waals surface area contributed by atoms with E-state index in [0.717, 1.165) is 24.5 Å². The number of carboxylic acid groups (broad SMARTS) is 1. The summed E-state index contributed by atoms with van der Waals surface area (Å²) in [5.41, 5.74) is -0.456. The Morgan fingerprint density at radius 2 is 1.86 bits per heavy atom. The number of hydrogen-bond donors (Lipinski definition) is 1. The Bertz CT molecular complexity index is 734. The zero-order valence-corrected chi connectivity index (χ0v) is 11.6. The van der Waals surface area contributed by atoms with Crippen LogP contribution in [0.5, 0.6) is 5.75 Å². The highest BCUT2D eigenvalue weighted by molar-refractivity contribution is 5.94. The number of ether oxygens (including phenoxy) is 1. The van der Waals surface area contributed by atoms with Crippen molar-refractivity contribution in [1.29, 1.82) is 0 Å². The third-order valence-corrected chi connectivity index (χ3v) is 2.46. The number of rotatable bonds is 4. The molecule has 0 amide bonds. The number of carbonyl (C=O) groups is 2. The first-order valence-electron chi connectivity index (χ1n) is 5.62. The number of halogens is 1. The molecule has 114 valence electrons. The highest BCUT2D eigenvalue weighted by atomic mass is 35.5. The number of pyridine rings is 1. The van der Waals surface area contributed by atoms with Crippen molar-refractivity contribution in [2.45, 2.75) is 0 Å². The van der Waals surface area contributed by atoms with Crippen LogP contribution < -0.4 is 4.74 Å². The van der Waals surface area contributed by atoms with Crippen molar-refractivity contribution in [3.05, 3.63) is 64.0 Å². The van der Waals surface area contributed by atoms with Crippen molar-refractivity contribution < 1.29 is 24.4 Å². The van der Waals surface area contributed by atoms with Crippen LogP contribution in [0.1, 0.15) is 20.7 Å². The van der Waals surface area contributed by atoms with Crippen LogP contribution in [0, 0.1) is 10.1 Å². The van der Waals surface area contributed by atoms with Gasteiger partial charge in [-0.25, -0.2) is 9.59 Å². The molecule has 0 unspecified atom stereocenters. The van der Waals surface area contributed by atoms with Gasteiger partial charge in [0.2, 0.25) is 0 Å². The van der Waals surface area contributed by atoms with E-state index in [2.05, 4.69) is 4.98 Å². The number of benzene rings is 1. The number of carboxylic acids is 1. The molecule has 0 saturated heterocycles. The number of non-ortho nitro benzene ring substituents is 1. The average molecular weight is 325 g/mol. The minimum atomic E-state index is -1.23. The maximum atomic E-state index is 11.8. The van der Waals surface area contributed by atoms with Crippen molar-refractivity contribution in [3.8, 4) is 5.75 Å². The second kappa shape index (κ2) is 7.14. The average Bonchev–Trinajstić information content (AvgIpc) is 2.47. The van der Waals surface area contributed by atoms with Crippen molar-refractivity contribution in [2.75, 3.05) is 0 Å². The van der Waals surface area contributed by atoms with E-state index in [9.17, 15) is 19.7 Å². The summed E-state index contributed by atoms with van der Waals surface area (Å²) in [7, 11) is 0. The fourth-order valence-electron chi connectivity index (χ4n) is 1.50. The first kappa shape index (κ1) is 17.1. The van der Waals surface area contributed by atoms with E-state index in [0.29, 0.717) is 0 Å². The molecular formula is C13H9ClN2O6. The number of aromatic carboxylic acids is 1. The number of hydrogen-bond acceptors (Lipinski definition) is 6. The summed E-state index contributed by atoms with van der Waals surface area (Å²) < 4.78 is 4.95. The highest BCUT2D eigenvalue weighted by Crippen LogP contribution is 2.20. The molecule has 0 fully saturated rings. The van der Waals surface area contributed by atoms with E-state index < -0.39 is 16.9 Å². The summed E-state index contributed by atoms with van der Waals surface area (Å²) in [5.74, 6) is -2.10. The molecule has 0 saturated carbocycles. The Kier molecular flexibility index (Phi) is 5.53. The molecule has 0 radical (unpaired) electrons. The van der Waals surface area contributed by atoms with Gasteiger partial charge < -0.3 is 9.84 Å². The van der Waals surface area contributed by atoms with Crippen LogP contribution in [0.25, 0.3) is 0 Å². The predicted octanol–water partition coefficient (Wildman–Crippen LogP) is 2.33. The molecule has 0 atom stereocenters. The van der Waals surface area contributed by atoms with E-state index in [4.69, 9.17) is 9.84 Å². The lowest BCUT2D eigenvalue weighted by Gasteiger charge is -2.04. The Morgan fingerprint density at radius 1 is 1.18 bits per heavy atom. The van der Waals surface area contributed by atoms with E-state index in [-0.39, 0.29) is 35.0 Å². The minimum Gasteiger partial charge on any atom is -0.478 e. The summed E-state index contributed by atoms with van der Waals surface area (Å²) in [4.78, 5) is 36.3. The molecule has 0 aliphatic carbocycles. The second-order valence-electron chi connectivity index (χ2n) is 3.91. The molecule has 1 heterocycles. The van der Waals surface area contributed by atoms with E-state index in [1.807, 2.05) is 0 Å². The number of nitrogens with zero attached hydrogens (tertiary/aromatic N) is 2. The molecule has 0 spiro atoms. The molecule has 0 aliphatic rings. The van der Waals surface area contributed by atoms with E-state index in [1.54, 1.807) is 0 Å². The molecule has 2 aromatic rings. The van der Waals surface area contributed by atoms with Crippen molar-refractivity contribution in [3.63, 3.8) is 0 Å². The third kappa shape index (κ3) is 4.00. The highest BCUT2D eigenvalue weighted by Gasteiger charge is 2.14. The fraction of sp³-hybridized carbons (Fsp3) is 0. The maximum absolute atomic E-state index is 11.8. The summed E-state index contributed by atoms with van der Waals surface area (Å²) in [5, 5.41) is 19.4. The van der Waals surface area contributed by atoms with Crippen molar-refractivity contribution >= 4 is 30.0 Å². The number of nitro groups is 1. The third-order valence-electron chi connectivity index (χ3n) is 2.46. The second-order valence-corrected chi connectivity index (χ2v) is 3.91. The van der Waals surface area contributed by atoms with Crippen LogP contribution in [0.4, 0.5) is 5.69 Å². The number of esters is 1. The van der Waals surface area contributed by atoms with Gasteiger partial charge in [0.15, 0.2) is 0 Å². The monoisotopic (exact) mass is 324 g/mol. The van der Waals surface area contributed by atoms with Gasteiger partial charge in [0.25, 0.3) is 5.69 Å². The first-order chi connectivity index (χ1) is 9.97. The fourth-order valence-corrected chi connectivity index (χ4v) is 1.50. The Hall–Kier alpha value is -3.00. The summed E-state index contributed by atoms with van der Waals surface area (Å²) >= 11 is 0. The SMILES string of the molecule is Cl.O=C(O)c1cncc(C(=O)Oc2cccc([N+](=O)[O-])c2)c1. The molecule has 1 N–H and O–H groups in total. The van der Waals surface area contributed by atoms with Crippen LogP contribution in [-0.2, 0) is 0 Å². The summed E-state index contributed by atoms with van der Waals surface area (Å²) in [6, 6.07) is 6.19. The quantitative estimate of drug-likeness (QED) is 0.396. The molecule has 0 bridgehead atoms. The zero-order chi connectivity index (χ0) is 15.4. The van der Waals surface area contributed by atoms with Crippen LogP contribution in [0.3, 0.4) is 0 Å². The van der Waals surface area contributed by atoms with E-state index in [1.165, 1.54) is 18.2 Å². The molecule has 8 nitrogen and oxygen atoms in total. The molecular weight excluding hydrogens is 316 g/mol. The molecule has 0 aliphatic heterocycles. The van der Waals surface area contributed by atoms with Gasteiger partial charge in [-0.15, -0.1) is 12.4 Å². The number of aromatic nitrogens is 1. The molecule has 2 rings (SSSR count). The summed E-state index contributed by atoms with van der Waals surface area (Å²) in [6.07, 6.45) is 2.23. The normalized spacial score (nSPS) is 9.45. The van der Waals surface area contributed by atoms with Gasteiger partial charge in [-0.1, -0.05) is 6.07 Å². The topological polar surface area (TPSA) is 120 Å². The zero-order valence-electron chi connectivity index (χ0n) is 10.8. The van der Waals surface area contributed by atoms with Crippen molar-refractivity contribution in [2.24, 2.45) is 0 Å². The Labute approximate surface area is 129 Å². The van der Waals surface area contributed by atoms with Gasteiger partial charge in [0, 0.05) is 18.5 Å². The Morgan fingerprint density at radius 3 is 2.50 bits per heavy atom. The number of carbonyl (C=O) groups excluding carboxylic acids is 1. The largest absolute Gasteiger partial charge is 0.478 e. The van der Waals surface area contributed by atoms with Crippen LogP contribution in [0.15, 0.2) is 42.7 Å². The van der Waals surface area contributed by atoms with Gasteiger partial charge >= 0.3 is 11.9 Å². The number of nitro benzene ring substituents is 1. The van der Waals surface area contributed by atoms with Gasteiger partial charge in [-0.3, -0.25) is 15.1 Å².